The predicted molar refractivity (Wildman–Crippen MR) is 112 cm³/mol. The number of ether oxygens (including phenoxy) is 1. The Bertz CT molecular complexity index is 892. The van der Waals surface area contributed by atoms with Crippen LogP contribution in [0.5, 0.6) is 0 Å². The van der Waals surface area contributed by atoms with Crippen LogP contribution in [0, 0.1) is 11.6 Å². The molecule has 2 rings (SSSR count). The standard InChI is InChI=1S/C21H28BF2NO6/c1-19(2,3)29-18(28)25-11-13(22-30-20(4,5)21(6,7)31-22)8-12-9-14(17(26)27)16(24)10-15(12)23/h8-10H,11H2,1-7H3,(H,25,28)(H,26,27). The Kier molecular flexibility index (Phi) is 6.87. The molecule has 0 atom stereocenters. The van der Waals surface area contributed by atoms with E-state index >= 15 is 0 Å². The summed E-state index contributed by atoms with van der Waals surface area (Å²) in [6, 6.07) is 1.38. The largest absolute Gasteiger partial charge is 0.492 e. The van der Waals surface area contributed by atoms with Gasteiger partial charge >= 0.3 is 19.2 Å². The number of amides is 1. The fourth-order valence-corrected chi connectivity index (χ4v) is 2.73. The molecule has 1 aliphatic heterocycles. The summed E-state index contributed by atoms with van der Waals surface area (Å²) in [6.07, 6.45) is 0.571. The van der Waals surface area contributed by atoms with Gasteiger partial charge in [-0.25, -0.2) is 18.4 Å². The molecule has 0 aromatic heterocycles. The van der Waals surface area contributed by atoms with Crippen LogP contribution in [0.4, 0.5) is 13.6 Å². The zero-order valence-electron chi connectivity index (χ0n) is 18.8. The van der Waals surface area contributed by atoms with Gasteiger partial charge in [0.15, 0.2) is 0 Å². The molecule has 1 amide bonds. The molecule has 1 aliphatic rings. The van der Waals surface area contributed by atoms with Crippen LogP contribution in [0.25, 0.3) is 6.08 Å². The molecule has 31 heavy (non-hydrogen) atoms. The van der Waals surface area contributed by atoms with Crippen LogP contribution < -0.4 is 5.32 Å². The van der Waals surface area contributed by atoms with Gasteiger partial charge in [0.2, 0.25) is 0 Å². The molecule has 2 N–H and O–H groups in total. The van der Waals surface area contributed by atoms with Gasteiger partial charge in [-0.15, -0.1) is 0 Å². The van der Waals surface area contributed by atoms with E-state index in [0.29, 0.717) is 11.5 Å². The fourth-order valence-electron chi connectivity index (χ4n) is 2.73. The maximum absolute atomic E-state index is 14.4. The second-order valence-corrected chi connectivity index (χ2v) is 9.32. The third-order valence-corrected chi connectivity index (χ3v) is 5.05. The van der Waals surface area contributed by atoms with Gasteiger partial charge in [0, 0.05) is 18.2 Å². The van der Waals surface area contributed by atoms with E-state index in [1.54, 1.807) is 20.8 Å². The zero-order valence-corrected chi connectivity index (χ0v) is 18.8. The molecule has 1 fully saturated rings. The van der Waals surface area contributed by atoms with Gasteiger partial charge < -0.3 is 24.5 Å². The highest BCUT2D eigenvalue weighted by Crippen LogP contribution is 2.39. The summed E-state index contributed by atoms with van der Waals surface area (Å²) in [7, 11) is -0.960. The Morgan fingerprint density at radius 2 is 1.68 bits per heavy atom. The third-order valence-electron chi connectivity index (χ3n) is 5.05. The van der Waals surface area contributed by atoms with Crippen molar-refractivity contribution in [1.82, 2.24) is 5.32 Å². The van der Waals surface area contributed by atoms with Crippen LogP contribution in [-0.4, -0.2) is 47.6 Å². The van der Waals surface area contributed by atoms with Crippen LogP contribution in [0.1, 0.15) is 64.4 Å². The molecule has 1 heterocycles. The highest BCUT2D eigenvalue weighted by Gasteiger charge is 2.52. The number of hydrogen-bond acceptors (Lipinski definition) is 5. The SMILES string of the molecule is CC(C)(C)OC(=O)NCC(=Cc1cc(C(=O)O)c(F)cc1F)B1OC(C)(C)C(C)(C)O1. The first kappa shape index (κ1) is 24.8. The van der Waals surface area contributed by atoms with Gasteiger partial charge in [0.05, 0.1) is 16.8 Å². The molecule has 0 aliphatic carbocycles. The lowest BCUT2D eigenvalue weighted by molar-refractivity contribution is 0.00578. The minimum atomic E-state index is -1.53. The number of carbonyl (C=O) groups is 2. The molecule has 0 radical (unpaired) electrons. The third kappa shape index (κ3) is 6.04. The van der Waals surface area contributed by atoms with Crippen LogP contribution in [0.2, 0.25) is 0 Å². The van der Waals surface area contributed by atoms with E-state index < -0.39 is 53.2 Å². The Morgan fingerprint density at radius 1 is 1.13 bits per heavy atom. The van der Waals surface area contributed by atoms with Gasteiger partial charge in [-0.05, 0) is 60.0 Å². The van der Waals surface area contributed by atoms with Crippen molar-refractivity contribution in [2.75, 3.05) is 6.54 Å². The number of carboxylic acid groups (broad SMARTS) is 1. The molecule has 7 nitrogen and oxygen atoms in total. The first-order valence-electron chi connectivity index (χ1n) is 9.78. The Hall–Kier alpha value is -2.46. The second-order valence-electron chi connectivity index (χ2n) is 9.32. The molecule has 1 aromatic carbocycles. The van der Waals surface area contributed by atoms with E-state index in [1.807, 2.05) is 27.7 Å². The average molecular weight is 439 g/mol. The van der Waals surface area contributed by atoms with Crippen molar-refractivity contribution < 1.29 is 37.5 Å². The lowest BCUT2D eigenvalue weighted by atomic mass is 9.77. The Morgan fingerprint density at radius 3 is 2.16 bits per heavy atom. The van der Waals surface area contributed by atoms with Gasteiger partial charge in [0.1, 0.15) is 17.2 Å². The lowest BCUT2D eigenvalue weighted by Crippen LogP contribution is -2.41. The second kappa shape index (κ2) is 8.59. The number of rotatable bonds is 5. The van der Waals surface area contributed by atoms with Gasteiger partial charge in [0.25, 0.3) is 0 Å². The molecule has 0 spiro atoms. The van der Waals surface area contributed by atoms with Crippen molar-refractivity contribution in [3.63, 3.8) is 0 Å². The molecule has 0 unspecified atom stereocenters. The van der Waals surface area contributed by atoms with Crippen molar-refractivity contribution in [2.45, 2.75) is 65.3 Å². The quantitative estimate of drug-likeness (QED) is 0.668. The molecule has 10 heteroatoms. The summed E-state index contributed by atoms with van der Waals surface area (Å²) in [4.78, 5) is 23.3. The molecule has 0 saturated carbocycles. The highest BCUT2D eigenvalue weighted by molar-refractivity contribution is 6.56. The Balaban J connectivity index is 2.42. The minimum Gasteiger partial charge on any atom is -0.478 e. The van der Waals surface area contributed by atoms with E-state index in [9.17, 15) is 18.4 Å². The van der Waals surface area contributed by atoms with E-state index in [2.05, 4.69) is 5.32 Å². The summed E-state index contributed by atoms with van der Waals surface area (Å²) in [5.41, 5.74) is -2.72. The summed E-state index contributed by atoms with van der Waals surface area (Å²) in [5.74, 6) is -3.68. The van der Waals surface area contributed by atoms with Gasteiger partial charge in [-0.3, -0.25) is 0 Å². The van der Waals surface area contributed by atoms with Crippen LogP contribution in [-0.2, 0) is 14.0 Å². The topological polar surface area (TPSA) is 94.1 Å². The first-order valence-corrected chi connectivity index (χ1v) is 9.78. The highest BCUT2D eigenvalue weighted by atomic mass is 19.1. The molecular formula is C21H28BF2NO6. The smallest absolute Gasteiger partial charge is 0.478 e. The van der Waals surface area contributed by atoms with Crippen LogP contribution in [0.15, 0.2) is 17.6 Å². The number of nitrogens with one attached hydrogen (secondary N) is 1. The molecule has 170 valence electrons. The predicted octanol–water partition coefficient (Wildman–Crippen LogP) is 4.20. The number of carbonyl (C=O) groups excluding carboxylic acids is 1. The fraction of sp³-hybridized carbons (Fsp3) is 0.524. The number of aromatic carboxylic acids is 1. The maximum atomic E-state index is 14.4. The summed E-state index contributed by atoms with van der Waals surface area (Å²) >= 11 is 0. The number of alkyl carbamates (subject to hydrolysis) is 1. The van der Waals surface area contributed by atoms with Crippen molar-refractivity contribution in [2.24, 2.45) is 0 Å². The average Bonchev–Trinajstić information content (AvgIpc) is 2.78. The summed E-state index contributed by atoms with van der Waals surface area (Å²) in [5, 5.41) is 11.7. The van der Waals surface area contributed by atoms with E-state index in [1.165, 1.54) is 6.08 Å². The minimum absolute atomic E-state index is 0.134. The van der Waals surface area contributed by atoms with Gasteiger partial charge in [-0.2, -0.15) is 0 Å². The van der Waals surface area contributed by atoms with Crippen LogP contribution in [0.3, 0.4) is 0 Å². The number of benzene rings is 1. The van der Waals surface area contributed by atoms with E-state index in [4.69, 9.17) is 19.2 Å². The van der Waals surface area contributed by atoms with Crippen molar-refractivity contribution in [3.8, 4) is 0 Å². The first-order chi connectivity index (χ1) is 14.0. The normalized spacial score (nSPS) is 18.1. The molecular weight excluding hydrogens is 411 g/mol. The van der Waals surface area contributed by atoms with Crippen LogP contribution >= 0.6 is 0 Å². The van der Waals surface area contributed by atoms with E-state index in [-0.39, 0.29) is 12.1 Å². The molecule has 1 saturated heterocycles. The van der Waals surface area contributed by atoms with Crippen molar-refractivity contribution in [1.29, 1.82) is 0 Å². The zero-order chi connectivity index (χ0) is 23.8. The Labute approximate surface area is 180 Å². The lowest BCUT2D eigenvalue weighted by Gasteiger charge is -2.32. The number of halogens is 2. The molecule has 1 aromatic rings. The number of carboxylic acids is 1. The summed E-state index contributed by atoms with van der Waals surface area (Å²) < 4.78 is 45.3. The van der Waals surface area contributed by atoms with Gasteiger partial charge in [-0.1, -0.05) is 6.08 Å². The summed E-state index contributed by atoms with van der Waals surface area (Å²) in [6.45, 7) is 12.3. The van der Waals surface area contributed by atoms with Crippen molar-refractivity contribution in [3.05, 3.63) is 40.4 Å². The maximum Gasteiger partial charge on any atom is 0.492 e. The molecule has 0 bridgehead atoms. The number of hydrogen-bond donors (Lipinski definition) is 2. The van der Waals surface area contributed by atoms with Crippen molar-refractivity contribution >= 4 is 25.3 Å². The monoisotopic (exact) mass is 439 g/mol. The van der Waals surface area contributed by atoms with E-state index in [0.717, 1.165) is 6.07 Å².